The van der Waals surface area contributed by atoms with E-state index in [0.717, 1.165) is 25.1 Å². The molecule has 4 rings (SSSR count). The third kappa shape index (κ3) is 4.18. The molecule has 8 nitrogen and oxygen atoms in total. The molecule has 12 heteroatoms. The smallest absolute Gasteiger partial charge is 0.306 e. The Morgan fingerprint density at radius 1 is 1.16 bits per heavy atom. The van der Waals surface area contributed by atoms with Crippen LogP contribution < -0.4 is 5.14 Å². The quantitative estimate of drug-likeness (QED) is 0.628. The van der Waals surface area contributed by atoms with Gasteiger partial charge in [-0.25, -0.2) is 13.6 Å². The number of sulfonamides is 1. The number of nitrogens with one attached hydrogen (secondary N) is 1. The van der Waals surface area contributed by atoms with Crippen LogP contribution in [0.3, 0.4) is 0 Å². The van der Waals surface area contributed by atoms with E-state index in [0.29, 0.717) is 17.5 Å². The molecule has 31 heavy (non-hydrogen) atoms. The second-order valence-electron chi connectivity index (χ2n) is 7.51. The normalized spacial score (nSPS) is 17.9. The molecule has 1 aliphatic rings. The Morgan fingerprint density at radius 3 is 2.39 bits per heavy atom. The van der Waals surface area contributed by atoms with Crippen LogP contribution in [-0.2, 0) is 16.2 Å². The van der Waals surface area contributed by atoms with E-state index in [-0.39, 0.29) is 17.0 Å². The number of likely N-dealkylation sites (N-methyl/N-ethyl adjacent to an activating group) is 1. The van der Waals surface area contributed by atoms with Crippen molar-refractivity contribution >= 4 is 10.0 Å². The van der Waals surface area contributed by atoms with Gasteiger partial charge in [0.25, 0.3) is 0 Å². The Hall–Kier alpha value is -2.83. The predicted molar refractivity (Wildman–Crippen MR) is 106 cm³/mol. The van der Waals surface area contributed by atoms with E-state index < -0.39 is 26.7 Å². The molecule has 1 saturated heterocycles. The zero-order valence-electron chi connectivity index (χ0n) is 16.4. The Labute approximate surface area is 176 Å². The summed E-state index contributed by atoms with van der Waals surface area (Å²) in [4.78, 5) is 1.14. The van der Waals surface area contributed by atoms with Crippen LogP contribution in [0, 0.1) is 0 Å². The van der Waals surface area contributed by atoms with Gasteiger partial charge in [0, 0.05) is 6.54 Å². The third-order valence-corrected chi connectivity index (χ3v) is 6.39. The highest BCUT2D eigenvalue weighted by Crippen LogP contribution is 2.43. The minimum Gasteiger partial charge on any atom is -0.306 e. The number of hydrogen-bond acceptors (Lipinski definition) is 6. The second kappa shape index (κ2) is 7.70. The van der Waals surface area contributed by atoms with Crippen molar-refractivity contribution in [1.29, 1.82) is 0 Å². The minimum absolute atomic E-state index is 0.202. The monoisotopic (exact) mass is 452 g/mol. The summed E-state index contributed by atoms with van der Waals surface area (Å²) in [5, 5.41) is 18.2. The summed E-state index contributed by atoms with van der Waals surface area (Å²) in [5.41, 5.74) is 0.0819. The van der Waals surface area contributed by atoms with Gasteiger partial charge in [0.2, 0.25) is 15.8 Å². The lowest BCUT2D eigenvalue weighted by atomic mass is 9.93. The molecule has 0 radical (unpaired) electrons. The number of likely N-dealkylation sites (tertiary alicyclic amines) is 1. The molecule has 1 aromatic heterocycles. The van der Waals surface area contributed by atoms with E-state index in [1.807, 2.05) is 19.2 Å². The number of benzene rings is 2. The number of tetrazole rings is 1. The first-order valence-electron chi connectivity index (χ1n) is 9.35. The molecule has 0 saturated carbocycles. The highest BCUT2D eigenvalue weighted by atomic mass is 32.2. The van der Waals surface area contributed by atoms with Crippen LogP contribution in [0.4, 0.5) is 13.2 Å². The van der Waals surface area contributed by atoms with Crippen LogP contribution >= 0.6 is 0 Å². The van der Waals surface area contributed by atoms with Gasteiger partial charge in [0.1, 0.15) is 4.90 Å². The zero-order valence-corrected chi connectivity index (χ0v) is 17.2. The van der Waals surface area contributed by atoms with Crippen LogP contribution in [-0.4, -0.2) is 54.1 Å². The number of nitrogens with zero attached hydrogens (tertiary/aromatic N) is 4. The van der Waals surface area contributed by atoms with E-state index >= 15 is 0 Å². The van der Waals surface area contributed by atoms with Gasteiger partial charge >= 0.3 is 6.18 Å². The minimum atomic E-state index is -4.95. The topological polar surface area (TPSA) is 118 Å². The summed E-state index contributed by atoms with van der Waals surface area (Å²) in [5.74, 6) is 0.0648. The van der Waals surface area contributed by atoms with Crippen LogP contribution in [0.15, 0.2) is 41.3 Å². The van der Waals surface area contributed by atoms with Gasteiger partial charge in [-0.15, -0.1) is 10.2 Å². The maximum atomic E-state index is 13.6. The van der Waals surface area contributed by atoms with Gasteiger partial charge in [-0.3, -0.25) is 0 Å². The number of primary sulfonamides is 1. The Bertz CT molecular complexity index is 1190. The van der Waals surface area contributed by atoms with Crippen molar-refractivity contribution in [1.82, 2.24) is 25.5 Å². The number of aromatic nitrogens is 4. The van der Waals surface area contributed by atoms with Gasteiger partial charge in [0.05, 0.1) is 11.1 Å². The molecule has 0 bridgehead atoms. The molecule has 1 aliphatic heterocycles. The fourth-order valence-corrected chi connectivity index (χ4v) is 4.95. The predicted octanol–water partition coefficient (Wildman–Crippen LogP) is 2.62. The summed E-state index contributed by atoms with van der Waals surface area (Å²) in [7, 11) is -2.73. The highest BCUT2D eigenvalue weighted by Gasteiger charge is 2.39. The summed E-state index contributed by atoms with van der Waals surface area (Å²) >= 11 is 0. The molecule has 1 atom stereocenters. The van der Waals surface area contributed by atoms with E-state index in [4.69, 9.17) is 5.14 Å². The fourth-order valence-electron chi connectivity index (χ4n) is 3.97. The van der Waals surface area contributed by atoms with Crippen LogP contribution in [0.25, 0.3) is 22.5 Å². The first-order valence-corrected chi connectivity index (χ1v) is 10.9. The molecule has 0 aliphatic carbocycles. The van der Waals surface area contributed by atoms with E-state index in [1.54, 1.807) is 12.1 Å². The van der Waals surface area contributed by atoms with Crippen molar-refractivity contribution in [3.63, 3.8) is 0 Å². The number of halogens is 3. The lowest BCUT2D eigenvalue weighted by Crippen LogP contribution is -2.21. The Morgan fingerprint density at radius 2 is 1.87 bits per heavy atom. The average molecular weight is 452 g/mol. The molecule has 0 amide bonds. The molecule has 1 fully saturated rings. The second-order valence-corrected chi connectivity index (χ2v) is 9.01. The molecule has 164 valence electrons. The largest absolute Gasteiger partial charge is 0.417 e. The molecular formula is C19H19F3N6O2S. The highest BCUT2D eigenvalue weighted by molar-refractivity contribution is 7.89. The van der Waals surface area contributed by atoms with Gasteiger partial charge < -0.3 is 4.90 Å². The number of rotatable bonds is 4. The first kappa shape index (κ1) is 21.4. The molecule has 0 spiro atoms. The number of H-pyrrole nitrogens is 1. The van der Waals surface area contributed by atoms with E-state index in [1.165, 1.54) is 6.07 Å². The van der Waals surface area contributed by atoms with Gasteiger partial charge in [0.15, 0.2) is 0 Å². The van der Waals surface area contributed by atoms with Gasteiger partial charge in [-0.2, -0.15) is 18.4 Å². The fraction of sp³-hybridized carbons (Fsp3) is 0.316. The number of hydrogen-bond donors (Lipinski definition) is 2. The molecule has 3 aromatic rings. The van der Waals surface area contributed by atoms with Crippen molar-refractivity contribution < 1.29 is 21.6 Å². The summed E-state index contributed by atoms with van der Waals surface area (Å²) in [6, 6.07) is 9.18. The maximum absolute atomic E-state index is 13.6. The van der Waals surface area contributed by atoms with Gasteiger partial charge in [-0.1, -0.05) is 30.3 Å². The SMILES string of the molecule is CN1CCC(c2ccc(-c3ccc(C(F)(F)F)c(S(N)(=O)=O)c3-c3nn[nH]n3)cc2)C1. The number of nitrogens with two attached hydrogens (primary N) is 1. The molecule has 2 aromatic carbocycles. The van der Waals surface area contributed by atoms with Crippen molar-refractivity contribution in [3.05, 3.63) is 47.5 Å². The lowest BCUT2D eigenvalue weighted by Gasteiger charge is -2.18. The van der Waals surface area contributed by atoms with Gasteiger partial charge in [-0.05, 0) is 53.9 Å². The lowest BCUT2D eigenvalue weighted by molar-refractivity contribution is -0.139. The van der Waals surface area contributed by atoms with E-state index in [2.05, 4.69) is 25.5 Å². The standard InChI is InChI=1S/C19H19F3N6O2S/c1-28-9-8-13(10-28)11-2-4-12(5-3-11)14-6-7-15(19(20,21)22)17(31(23,29)30)16(14)18-24-26-27-25-18/h2-7,13H,8-10H2,1H3,(H2,23,29,30)(H,24,25,26,27). The molecule has 3 N–H and O–H groups in total. The molecular weight excluding hydrogens is 433 g/mol. The summed E-state index contributed by atoms with van der Waals surface area (Å²) < 4.78 is 65.3. The van der Waals surface area contributed by atoms with Crippen LogP contribution in [0.5, 0.6) is 0 Å². The van der Waals surface area contributed by atoms with Crippen molar-refractivity contribution in [2.45, 2.75) is 23.4 Å². The maximum Gasteiger partial charge on any atom is 0.417 e. The van der Waals surface area contributed by atoms with Crippen molar-refractivity contribution in [2.75, 3.05) is 20.1 Å². The van der Waals surface area contributed by atoms with Crippen LogP contribution in [0.1, 0.15) is 23.5 Å². The summed E-state index contributed by atoms with van der Waals surface area (Å²) in [6.07, 6.45) is -3.93. The molecule has 1 unspecified atom stereocenters. The number of alkyl halides is 3. The van der Waals surface area contributed by atoms with Crippen LogP contribution in [0.2, 0.25) is 0 Å². The Kier molecular flexibility index (Phi) is 5.31. The number of aromatic amines is 1. The third-order valence-electron chi connectivity index (χ3n) is 5.40. The Balaban J connectivity index is 1.91. The van der Waals surface area contributed by atoms with Crippen molar-refractivity contribution in [2.24, 2.45) is 5.14 Å². The molecule has 2 heterocycles. The first-order chi connectivity index (χ1) is 14.6. The van der Waals surface area contributed by atoms with Crippen molar-refractivity contribution in [3.8, 4) is 22.5 Å². The zero-order chi connectivity index (χ0) is 22.4. The summed E-state index contributed by atoms with van der Waals surface area (Å²) in [6.45, 7) is 1.91. The average Bonchev–Trinajstić information content (AvgIpc) is 3.37. The van der Waals surface area contributed by atoms with E-state index in [9.17, 15) is 21.6 Å².